The molecule has 0 amide bonds. The van der Waals surface area contributed by atoms with E-state index in [0.29, 0.717) is 5.78 Å². The van der Waals surface area contributed by atoms with Crippen LogP contribution in [0.5, 0.6) is 0 Å². The molecule has 168 valence electrons. The summed E-state index contributed by atoms with van der Waals surface area (Å²) in [7, 11) is 0. The van der Waals surface area contributed by atoms with Crippen molar-refractivity contribution < 1.29 is 4.79 Å². The number of alkyl halides is 1. The normalized spacial score (nSPS) is 25.8. The van der Waals surface area contributed by atoms with Crippen molar-refractivity contribution in [1.82, 2.24) is 13.6 Å². The number of Topliss-reactive ketones (excluding diaryl/α,β-unsaturated/α-hetero) is 1. The van der Waals surface area contributed by atoms with Gasteiger partial charge in [-0.05, 0) is 57.7 Å². The summed E-state index contributed by atoms with van der Waals surface area (Å²) in [6.45, 7) is 2.82. The smallest absolute Gasteiger partial charge is 0.190 e. The van der Waals surface area contributed by atoms with Crippen molar-refractivity contribution in [3.63, 3.8) is 0 Å². The second kappa shape index (κ2) is 11.4. The predicted molar refractivity (Wildman–Crippen MR) is 128 cm³/mol. The van der Waals surface area contributed by atoms with E-state index in [-0.39, 0.29) is 17.3 Å². The van der Waals surface area contributed by atoms with E-state index in [4.69, 9.17) is 11.6 Å². The van der Waals surface area contributed by atoms with Crippen LogP contribution in [0, 0.1) is 5.92 Å². The molecule has 4 rings (SSSR count). The molecule has 31 heavy (non-hydrogen) atoms. The van der Waals surface area contributed by atoms with Crippen molar-refractivity contribution >= 4 is 46.9 Å². The van der Waals surface area contributed by atoms with Crippen molar-refractivity contribution in [2.45, 2.75) is 75.6 Å². The zero-order chi connectivity index (χ0) is 21.5. The molecule has 2 unspecified atom stereocenters. The number of carbonyl (C=O) groups is 1. The highest BCUT2D eigenvalue weighted by Gasteiger charge is 2.32. The molecule has 8 heteroatoms. The van der Waals surface area contributed by atoms with Crippen LogP contribution in [0.1, 0.15) is 75.9 Å². The average Bonchev–Trinajstić information content (AvgIpc) is 3.29. The largest absolute Gasteiger partial charge is 0.299 e. The molecule has 6 nitrogen and oxygen atoms in total. The van der Waals surface area contributed by atoms with Gasteiger partial charge in [0.25, 0.3) is 0 Å². The maximum atomic E-state index is 12.7. The number of unbranched alkanes of at least 4 members (excludes halogenated alkanes) is 3. The van der Waals surface area contributed by atoms with E-state index < -0.39 is 0 Å². The lowest BCUT2D eigenvalue weighted by atomic mass is 9.88. The number of likely N-dealkylation sites (tertiary alicyclic amines) is 1. The molecule has 1 aromatic rings. The highest BCUT2D eigenvalue weighted by molar-refractivity contribution is 6.99. The number of piperidine rings is 1. The summed E-state index contributed by atoms with van der Waals surface area (Å²) in [4.78, 5) is 24.1. The molecular weight excluding hydrogens is 430 g/mol. The summed E-state index contributed by atoms with van der Waals surface area (Å²) >= 11 is 7.30. The lowest BCUT2D eigenvalue weighted by Crippen LogP contribution is -2.39. The summed E-state index contributed by atoms with van der Waals surface area (Å²) < 4.78 is 8.73. The Bertz CT molecular complexity index is 828. The number of halogens is 1. The summed E-state index contributed by atoms with van der Waals surface area (Å²) in [6.07, 6.45) is 16.0. The number of rotatable bonds is 9. The van der Waals surface area contributed by atoms with Gasteiger partial charge in [-0.1, -0.05) is 18.9 Å². The van der Waals surface area contributed by atoms with E-state index in [2.05, 4.69) is 29.7 Å². The van der Waals surface area contributed by atoms with Gasteiger partial charge < -0.3 is 0 Å². The van der Waals surface area contributed by atoms with Gasteiger partial charge in [-0.3, -0.25) is 14.7 Å². The lowest BCUT2D eigenvalue weighted by Gasteiger charge is -2.36. The van der Waals surface area contributed by atoms with Crippen LogP contribution in [0.2, 0.25) is 0 Å². The summed E-state index contributed by atoms with van der Waals surface area (Å²) in [5, 5.41) is 0.175. The van der Waals surface area contributed by atoms with Crippen LogP contribution < -0.4 is 0 Å². The van der Waals surface area contributed by atoms with Gasteiger partial charge in [0.1, 0.15) is 11.5 Å². The Morgan fingerprint density at radius 1 is 1.16 bits per heavy atom. The first-order valence-corrected chi connectivity index (χ1v) is 12.8. The first kappa shape index (κ1) is 22.7. The number of hydrogen-bond acceptors (Lipinski definition) is 7. The molecule has 0 N–H and O–H groups in total. The molecule has 1 fully saturated rings. The number of fused-ring (bicyclic) bond motifs is 1. The summed E-state index contributed by atoms with van der Waals surface area (Å²) in [5.74, 6) is 1.48. The number of aromatic nitrogens is 2. The van der Waals surface area contributed by atoms with E-state index in [1.807, 2.05) is 12.3 Å². The lowest BCUT2D eigenvalue weighted by molar-refractivity contribution is -0.124. The van der Waals surface area contributed by atoms with Crippen LogP contribution in [0.4, 0.5) is 5.82 Å². The highest BCUT2D eigenvalue weighted by Crippen LogP contribution is 2.35. The first-order valence-electron chi connectivity index (χ1n) is 11.7. The maximum absolute atomic E-state index is 12.7. The minimum absolute atomic E-state index is 0.175. The Morgan fingerprint density at radius 2 is 2.00 bits per heavy atom. The molecule has 0 saturated carbocycles. The fourth-order valence-corrected chi connectivity index (χ4v) is 5.43. The third-order valence-electron chi connectivity index (χ3n) is 6.60. The monoisotopic (exact) mass is 461 g/mol. The van der Waals surface area contributed by atoms with E-state index in [1.165, 1.54) is 17.4 Å². The summed E-state index contributed by atoms with van der Waals surface area (Å²) in [5.41, 5.74) is 2.20. The van der Waals surface area contributed by atoms with Gasteiger partial charge in [0.15, 0.2) is 5.82 Å². The molecule has 2 aliphatic heterocycles. The third kappa shape index (κ3) is 6.30. The van der Waals surface area contributed by atoms with Crippen molar-refractivity contribution in [3.05, 3.63) is 17.8 Å². The highest BCUT2D eigenvalue weighted by atomic mass is 35.5. The van der Waals surface area contributed by atoms with Crippen LogP contribution in [0.15, 0.2) is 22.1 Å². The molecule has 1 aromatic heterocycles. The molecule has 3 heterocycles. The quantitative estimate of drug-likeness (QED) is 0.368. The van der Waals surface area contributed by atoms with Gasteiger partial charge in [0.2, 0.25) is 0 Å². The Labute approximate surface area is 194 Å². The Balaban J connectivity index is 1.09. The Morgan fingerprint density at radius 3 is 2.81 bits per heavy atom. The number of nitrogens with zero attached hydrogens (tertiary/aromatic N) is 5. The predicted octanol–water partition coefficient (Wildman–Crippen LogP) is 5.32. The molecule has 0 radical (unpaired) electrons. The first-order chi connectivity index (χ1) is 15.2. The second-order valence-corrected chi connectivity index (χ2v) is 9.85. The van der Waals surface area contributed by atoms with Crippen molar-refractivity contribution in [2.24, 2.45) is 15.9 Å². The Hall–Kier alpha value is -1.44. The zero-order valence-electron chi connectivity index (χ0n) is 18.1. The minimum Gasteiger partial charge on any atom is -0.299 e. The third-order valence-corrected chi connectivity index (χ3v) is 7.50. The van der Waals surface area contributed by atoms with E-state index in [1.54, 1.807) is 0 Å². The maximum Gasteiger partial charge on any atom is 0.190 e. The molecule has 0 spiro atoms. The number of ketones is 1. The molecule has 1 saturated heterocycles. The van der Waals surface area contributed by atoms with Crippen LogP contribution in [-0.4, -0.2) is 56.4 Å². The Kier molecular flexibility index (Phi) is 8.39. The molecule has 0 bridgehead atoms. The van der Waals surface area contributed by atoms with Crippen molar-refractivity contribution in [1.29, 1.82) is 0 Å². The van der Waals surface area contributed by atoms with Crippen molar-refractivity contribution in [2.75, 3.05) is 19.6 Å². The fraction of sp³-hybridized carbons (Fsp3) is 0.696. The molecule has 2 atom stereocenters. The average molecular weight is 462 g/mol. The summed E-state index contributed by atoms with van der Waals surface area (Å²) in [6, 6.07) is 0.284. The number of aliphatic imine (C=N–C) groups is 2. The van der Waals surface area contributed by atoms with Crippen LogP contribution in [0.3, 0.4) is 0 Å². The van der Waals surface area contributed by atoms with E-state index in [0.717, 1.165) is 95.4 Å². The van der Waals surface area contributed by atoms with Gasteiger partial charge in [0, 0.05) is 37.2 Å². The zero-order valence-corrected chi connectivity index (χ0v) is 19.7. The number of hydrogen-bond donors (Lipinski definition) is 0. The second-order valence-electron chi connectivity index (χ2n) is 8.76. The molecule has 0 aromatic carbocycles. The SMILES string of the molecule is O=C(CCCCCCN=C1C=CC(Cl)CC1)C1CCN(C2CC=Nc3nsnc32)CC1. The minimum atomic E-state index is 0.175. The van der Waals surface area contributed by atoms with Crippen LogP contribution in [-0.2, 0) is 4.79 Å². The fourth-order valence-electron chi connectivity index (χ4n) is 4.70. The standard InChI is InChI=1S/C23H32ClN5OS/c24-18-6-8-19(9-7-18)25-13-4-2-1-3-5-21(30)17-11-15-29(16-12-17)20-10-14-26-23-22(20)27-31-28-23/h6,8,14,17-18,20H,1-5,7,9-13,15-16H2. The molecule has 1 aliphatic carbocycles. The van der Waals surface area contributed by atoms with E-state index in [9.17, 15) is 4.79 Å². The van der Waals surface area contributed by atoms with Gasteiger partial charge in [-0.2, -0.15) is 8.75 Å². The van der Waals surface area contributed by atoms with Crippen molar-refractivity contribution in [3.8, 4) is 0 Å². The van der Waals surface area contributed by atoms with Gasteiger partial charge in [-0.25, -0.2) is 4.99 Å². The van der Waals surface area contributed by atoms with Gasteiger partial charge in [-0.15, -0.1) is 11.6 Å². The van der Waals surface area contributed by atoms with Gasteiger partial charge in [0.05, 0.1) is 23.1 Å². The van der Waals surface area contributed by atoms with Crippen LogP contribution >= 0.6 is 23.3 Å². The molecule has 3 aliphatic rings. The van der Waals surface area contributed by atoms with Gasteiger partial charge >= 0.3 is 0 Å². The van der Waals surface area contributed by atoms with Crippen LogP contribution in [0.25, 0.3) is 0 Å². The number of allylic oxidation sites excluding steroid dienone is 2. The topological polar surface area (TPSA) is 70.8 Å². The molecular formula is C23H32ClN5OS. The number of carbonyl (C=O) groups excluding carboxylic acids is 1. The van der Waals surface area contributed by atoms with E-state index >= 15 is 0 Å².